The van der Waals surface area contributed by atoms with Crippen molar-refractivity contribution in [2.24, 2.45) is 0 Å². The molecule has 2 rings (SSSR count). The molecule has 7 heteroatoms. The molecule has 84 valence electrons. The van der Waals surface area contributed by atoms with E-state index in [0.29, 0.717) is 21.7 Å². The summed E-state index contributed by atoms with van der Waals surface area (Å²) in [5, 5.41) is 16.5. The zero-order valence-corrected chi connectivity index (χ0v) is 9.10. The van der Waals surface area contributed by atoms with E-state index in [0.717, 1.165) is 0 Å². The predicted molar refractivity (Wildman–Crippen MR) is 57.7 cm³/mol. The Bertz CT molecular complexity index is 540. The van der Waals surface area contributed by atoms with Gasteiger partial charge in [0.15, 0.2) is 11.0 Å². The molecule has 6 nitrogen and oxygen atoms in total. The number of likely N-dealkylation sites (N-methyl/N-ethyl adjacent to an activating group) is 1. The van der Waals surface area contributed by atoms with Gasteiger partial charge in [0, 0.05) is 7.05 Å². The first-order valence-electron chi connectivity index (χ1n) is 4.43. The van der Waals surface area contributed by atoms with Crippen LogP contribution in [0.3, 0.4) is 0 Å². The first-order chi connectivity index (χ1) is 7.59. The van der Waals surface area contributed by atoms with Gasteiger partial charge >= 0.3 is 5.97 Å². The first kappa shape index (κ1) is 10.7. The third-order valence-corrected chi connectivity index (χ3v) is 2.43. The number of fused-ring (bicyclic) bond motifs is 1. The smallest absolute Gasteiger partial charge is 0.323 e. The molecule has 0 fully saturated rings. The molecule has 1 N–H and O–H groups in total. The number of carboxylic acids is 1. The Kier molecular flexibility index (Phi) is 2.66. The predicted octanol–water partition coefficient (Wildman–Crippen LogP) is 1.40. The second-order valence-corrected chi connectivity index (χ2v) is 3.68. The molecule has 0 aliphatic carbocycles. The van der Waals surface area contributed by atoms with Crippen molar-refractivity contribution in [3.63, 3.8) is 0 Å². The van der Waals surface area contributed by atoms with Gasteiger partial charge in [-0.15, -0.1) is 0 Å². The summed E-state index contributed by atoms with van der Waals surface area (Å²) in [6.07, 6.45) is 0. The van der Waals surface area contributed by atoms with E-state index in [1.54, 1.807) is 19.2 Å². The summed E-state index contributed by atoms with van der Waals surface area (Å²) in [7, 11) is 1.64. The van der Waals surface area contributed by atoms with Crippen molar-refractivity contribution in [1.82, 2.24) is 10.3 Å². The first-order valence-corrected chi connectivity index (χ1v) is 4.81. The van der Waals surface area contributed by atoms with E-state index in [4.69, 9.17) is 16.7 Å². The second-order valence-electron chi connectivity index (χ2n) is 3.28. The monoisotopic (exact) mass is 241 g/mol. The van der Waals surface area contributed by atoms with E-state index in [1.807, 2.05) is 0 Å². The highest BCUT2D eigenvalue weighted by Crippen LogP contribution is 2.28. The number of halogens is 1. The molecule has 0 saturated heterocycles. The molecule has 0 unspecified atom stereocenters. The number of anilines is 1. The standard InChI is InChI=1S/C9H8ClN3O3/c1-13(4-7(14)15)6-3-2-5(10)8-9(6)12-16-11-8/h2-3H,4H2,1H3,(H,14,15). The summed E-state index contributed by atoms with van der Waals surface area (Å²) in [6.45, 7) is -0.135. The molecule has 0 amide bonds. The third kappa shape index (κ3) is 1.79. The van der Waals surface area contributed by atoms with E-state index in [2.05, 4.69) is 14.9 Å². The molecule has 16 heavy (non-hydrogen) atoms. The molecule has 0 aliphatic rings. The largest absolute Gasteiger partial charge is 0.480 e. The number of aliphatic carboxylic acids is 1. The Hall–Kier alpha value is -1.82. The van der Waals surface area contributed by atoms with Crippen LogP contribution in [-0.2, 0) is 4.79 Å². The van der Waals surface area contributed by atoms with Crippen molar-refractivity contribution in [2.75, 3.05) is 18.5 Å². The van der Waals surface area contributed by atoms with Crippen LogP contribution in [0.15, 0.2) is 16.8 Å². The molecule has 0 radical (unpaired) electrons. The van der Waals surface area contributed by atoms with Gasteiger partial charge in [0.2, 0.25) is 0 Å². The number of nitrogens with zero attached hydrogens (tertiary/aromatic N) is 3. The summed E-state index contributed by atoms with van der Waals surface area (Å²) in [6, 6.07) is 3.31. The highest BCUT2D eigenvalue weighted by molar-refractivity contribution is 6.35. The lowest BCUT2D eigenvalue weighted by Gasteiger charge is -2.16. The molecule has 1 aromatic carbocycles. The van der Waals surface area contributed by atoms with Gasteiger partial charge < -0.3 is 10.0 Å². The van der Waals surface area contributed by atoms with Gasteiger partial charge in [-0.05, 0) is 22.4 Å². The maximum absolute atomic E-state index is 10.6. The van der Waals surface area contributed by atoms with Crippen LogP contribution in [0.4, 0.5) is 5.69 Å². The molecule has 0 saturated carbocycles. The maximum atomic E-state index is 10.6. The molecule has 2 aromatic rings. The van der Waals surface area contributed by atoms with Crippen LogP contribution in [0, 0.1) is 0 Å². The Balaban J connectivity index is 2.48. The SMILES string of the molecule is CN(CC(=O)O)c1ccc(Cl)c2nonc12. The van der Waals surface area contributed by atoms with Gasteiger partial charge in [0.1, 0.15) is 6.54 Å². The number of hydrogen-bond acceptors (Lipinski definition) is 5. The summed E-state index contributed by atoms with van der Waals surface area (Å²) in [5.41, 5.74) is 1.50. The summed E-state index contributed by atoms with van der Waals surface area (Å²) in [4.78, 5) is 12.1. The van der Waals surface area contributed by atoms with Crippen LogP contribution in [0.2, 0.25) is 5.02 Å². The summed E-state index contributed by atoms with van der Waals surface area (Å²) < 4.78 is 4.58. The highest BCUT2D eigenvalue weighted by atomic mass is 35.5. The Morgan fingerprint density at radius 2 is 2.19 bits per heavy atom. The number of carbonyl (C=O) groups is 1. The molecular formula is C9H8ClN3O3. The second kappa shape index (κ2) is 3.97. The molecule has 1 aromatic heterocycles. The van der Waals surface area contributed by atoms with Gasteiger partial charge in [-0.1, -0.05) is 11.6 Å². The number of rotatable bonds is 3. The molecule has 0 aliphatic heterocycles. The summed E-state index contributed by atoms with van der Waals surface area (Å²) >= 11 is 5.88. The normalized spacial score (nSPS) is 10.6. The fourth-order valence-corrected chi connectivity index (χ4v) is 1.61. The minimum absolute atomic E-state index is 0.135. The summed E-state index contributed by atoms with van der Waals surface area (Å²) in [5.74, 6) is -0.929. The van der Waals surface area contributed by atoms with Gasteiger partial charge in [-0.25, -0.2) is 4.63 Å². The van der Waals surface area contributed by atoms with Gasteiger partial charge in [0.05, 0.1) is 10.7 Å². The molecule has 1 heterocycles. The van der Waals surface area contributed by atoms with Crippen molar-refractivity contribution in [1.29, 1.82) is 0 Å². The fraction of sp³-hybridized carbons (Fsp3) is 0.222. The lowest BCUT2D eigenvalue weighted by Crippen LogP contribution is -2.25. The minimum atomic E-state index is -0.929. The van der Waals surface area contributed by atoms with Crippen molar-refractivity contribution in [3.8, 4) is 0 Å². The quantitative estimate of drug-likeness (QED) is 0.875. The Morgan fingerprint density at radius 1 is 1.50 bits per heavy atom. The van der Waals surface area contributed by atoms with E-state index in [9.17, 15) is 4.79 Å². The van der Waals surface area contributed by atoms with Crippen molar-refractivity contribution < 1.29 is 14.5 Å². The van der Waals surface area contributed by atoms with Crippen LogP contribution in [0.25, 0.3) is 11.0 Å². The van der Waals surface area contributed by atoms with Crippen molar-refractivity contribution >= 4 is 34.3 Å². The average molecular weight is 242 g/mol. The van der Waals surface area contributed by atoms with Crippen LogP contribution < -0.4 is 4.90 Å². The zero-order chi connectivity index (χ0) is 11.7. The number of aromatic nitrogens is 2. The zero-order valence-electron chi connectivity index (χ0n) is 8.35. The van der Waals surface area contributed by atoms with E-state index >= 15 is 0 Å². The lowest BCUT2D eigenvalue weighted by atomic mass is 10.2. The van der Waals surface area contributed by atoms with E-state index in [1.165, 1.54) is 4.90 Å². The highest BCUT2D eigenvalue weighted by Gasteiger charge is 2.15. The fourth-order valence-electron chi connectivity index (χ4n) is 1.42. The van der Waals surface area contributed by atoms with Gasteiger partial charge in [-0.2, -0.15) is 0 Å². The third-order valence-electron chi connectivity index (χ3n) is 2.13. The Morgan fingerprint density at radius 3 is 2.88 bits per heavy atom. The Labute approximate surface area is 95.4 Å². The molecule has 0 bridgehead atoms. The molecule has 0 atom stereocenters. The number of benzene rings is 1. The molecular weight excluding hydrogens is 234 g/mol. The average Bonchev–Trinajstić information content (AvgIpc) is 2.66. The maximum Gasteiger partial charge on any atom is 0.323 e. The lowest BCUT2D eigenvalue weighted by molar-refractivity contribution is -0.135. The topological polar surface area (TPSA) is 79.5 Å². The minimum Gasteiger partial charge on any atom is -0.480 e. The van der Waals surface area contributed by atoms with Crippen molar-refractivity contribution in [3.05, 3.63) is 17.2 Å². The van der Waals surface area contributed by atoms with Gasteiger partial charge in [0.25, 0.3) is 0 Å². The van der Waals surface area contributed by atoms with E-state index < -0.39 is 5.97 Å². The van der Waals surface area contributed by atoms with Crippen LogP contribution in [0.5, 0.6) is 0 Å². The van der Waals surface area contributed by atoms with Gasteiger partial charge in [-0.3, -0.25) is 4.79 Å². The van der Waals surface area contributed by atoms with Crippen LogP contribution >= 0.6 is 11.6 Å². The number of carboxylic acid groups (broad SMARTS) is 1. The molecule has 0 spiro atoms. The van der Waals surface area contributed by atoms with Crippen molar-refractivity contribution in [2.45, 2.75) is 0 Å². The van der Waals surface area contributed by atoms with Crippen LogP contribution in [0.1, 0.15) is 0 Å². The van der Waals surface area contributed by atoms with E-state index in [-0.39, 0.29) is 6.54 Å². The number of hydrogen-bond donors (Lipinski definition) is 1. The van der Waals surface area contributed by atoms with Crippen LogP contribution in [-0.4, -0.2) is 35.0 Å².